The molecular weight excluding hydrogens is 312 g/mol. The molecule has 0 spiro atoms. The van der Waals surface area contributed by atoms with Gasteiger partial charge in [-0.1, -0.05) is 12.1 Å². The SMILES string of the molecule is Cc1c(S(=O)(=O)N(C)Cc2ccc3ncccc3c2)cnn1C. The number of pyridine rings is 1. The lowest BCUT2D eigenvalue weighted by Crippen LogP contribution is -2.26. The Labute approximate surface area is 135 Å². The lowest BCUT2D eigenvalue weighted by molar-refractivity contribution is 0.466. The lowest BCUT2D eigenvalue weighted by atomic mass is 10.1. The first kappa shape index (κ1) is 15.6. The molecule has 0 amide bonds. The monoisotopic (exact) mass is 330 g/mol. The van der Waals surface area contributed by atoms with Crippen molar-refractivity contribution in [2.75, 3.05) is 7.05 Å². The van der Waals surface area contributed by atoms with E-state index in [-0.39, 0.29) is 4.90 Å². The van der Waals surface area contributed by atoms with E-state index >= 15 is 0 Å². The van der Waals surface area contributed by atoms with Gasteiger partial charge in [0.05, 0.1) is 17.4 Å². The lowest BCUT2D eigenvalue weighted by Gasteiger charge is -2.17. The largest absolute Gasteiger partial charge is 0.272 e. The minimum Gasteiger partial charge on any atom is -0.272 e. The minimum atomic E-state index is -3.57. The van der Waals surface area contributed by atoms with Gasteiger partial charge in [0.25, 0.3) is 0 Å². The summed E-state index contributed by atoms with van der Waals surface area (Å²) in [5.41, 5.74) is 2.43. The third-order valence-corrected chi connectivity index (χ3v) is 5.86. The zero-order chi connectivity index (χ0) is 16.6. The Balaban J connectivity index is 1.90. The van der Waals surface area contributed by atoms with E-state index in [1.54, 1.807) is 31.9 Å². The summed E-state index contributed by atoms with van der Waals surface area (Å²) in [6, 6.07) is 9.60. The second-order valence-electron chi connectivity index (χ2n) is 5.51. The van der Waals surface area contributed by atoms with Crippen LogP contribution in [-0.4, -0.2) is 34.5 Å². The number of benzene rings is 1. The molecule has 3 aromatic rings. The first-order valence-electron chi connectivity index (χ1n) is 7.18. The Morgan fingerprint density at radius 3 is 2.74 bits per heavy atom. The molecule has 0 unspecified atom stereocenters. The van der Waals surface area contributed by atoms with Crippen LogP contribution in [0.3, 0.4) is 0 Å². The zero-order valence-electron chi connectivity index (χ0n) is 13.3. The van der Waals surface area contributed by atoms with Crippen LogP contribution in [0.15, 0.2) is 47.6 Å². The van der Waals surface area contributed by atoms with Gasteiger partial charge in [0.15, 0.2) is 0 Å². The van der Waals surface area contributed by atoms with Crippen molar-refractivity contribution in [3.63, 3.8) is 0 Å². The molecule has 120 valence electrons. The second kappa shape index (κ2) is 5.75. The van der Waals surface area contributed by atoms with Crippen molar-refractivity contribution in [2.24, 2.45) is 7.05 Å². The third-order valence-electron chi connectivity index (χ3n) is 3.95. The number of sulfonamides is 1. The fraction of sp³-hybridized carbons (Fsp3) is 0.250. The topological polar surface area (TPSA) is 68.1 Å². The van der Waals surface area contributed by atoms with Gasteiger partial charge >= 0.3 is 0 Å². The van der Waals surface area contributed by atoms with E-state index < -0.39 is 10.0 Å². The second-order valence-corrected chi connectivity index (χ2v) is 7.52. The fourth-order valence-corrected chi connectivity index (χ4v) is 3.81. The number of fused-ring (bicyclic) bond motifs is 1. The predicted molar refractivity (Wildman–Crippen MR) is 88.3 cm³/mol. The molecule has 0 radical (unpaired) electrons. The summed E-state index contributed by atoms with van der Waals surface area (Å²) in [5, 5.41) is 5.01. The Morgan fingerprint density at radius 2 is 2.04 bits per heavy atom. The van der Waals surface area contributed by atoms with E-state index in [4.69, 9.17) is 0 Å². The van der Waals surface area contributed by atoms with Crippen LogP contribution < -0.4 is 0 Å². The summed E-state index contributed by atoms with van der Waals surface area (Å²) in [4.78, 5) is 4.51. The average Bonchev–Trinajstić information content (AvgIpc) is 2.87. The van der Waals surface area contributed by atoms with Crippen LogP contribution >= 0.6 is 0 Å². The van der Waals surface area contributed by atoms with Gasteiger partial charge in [-0.15, -0.1) is 0 Å². The maximum Gasteiger partial charge on any atom is 0.246 e. The van der Waals surface area contributed by atoms with Crippen molar-refractivity contribution in [1.29, 1.82) is 0 Å². The summed E-state index contributed by atoms with van der Waals surface area (Å²) >= 11 is 0. The average molecular weight is 330 g/mol. The Hall–Kier alpha value is -2.25. The molecule has 0 atom stereocenters. The van der Waals surface area contributed by atoms with Gasteiger partial charge in [-0.25, -0.2) is 8.42 Å². The molecule has 7 heteroatoms. The summed E-state index contributed by atoms with van der Waals surface area (Å²) in [6.45, 7) is 2.04. The highest BCUT2D eigenvalue weighted by atomic mass is 32.2. The molecule has 1 aromatic carbocycles. The van der Waals surface area contributed by atoms with Crippen molar-refractivity contribution in [3.8, 4) is 0 Å². The Morgan fingerprint density at radius 1 is 1.26 bits per heavy atom. The van der Waals surface area contributed by atoms with Gasteiger partial charge in [0, 0.05) is 32.2 Å². The molecule has 0 saturated heterocycles. The van der Waals surface area contributed by atoms with E-state index in [9.17, 15) is 8.42 Å². The molecule has 2 aromatic heterocycles. The highest BCUT2D eigenvalue weighted by Crippen LogP contribution is 2.21. The van der Waals surface area contributed by atoms with E-state index in [1.807, 2.05) is 30.3 Å². The van der Waals surface area contributed by atoms with E-state index in [0.29, 0.717) is 12.2 Å². The first-order chi connectivity index (χ1) is 10.9. The smallest absolute Gasteiger partial charge is 0.246 e. The maximum absolute atomic E-state index is 12.7. The predicted octanol–water partition coefficient (Wildman–Crippen LogP) is 2.10. The fourth-order valence-electron chi connectivity index (χ4n) is 2.47. The molecule has 23 heavy (non-hydrogen) atoms. The van der Waals surface area contributed by atoms with Crippen LogP contribution in [0.4, 0.5) is 0 Å². The number of aromatic nitrogens is 3. The highest BCUT2D eigenvalue weighted by Gasteiger charge is 2.25. The standard InChI is InChI=1S/C16H18N4O2S/c1-12-16(10-18-20(12)3)23(21,22)19(2)11-13-6-7-15-14(9-13)5-4-8-17-15/h4-10H,11H2,1-3H3. The van der Waals surface area contributed by atoms with Crippen LogP contribution in [0.1, 0.15) is 11.3 Å². The van der Waals surface area contributed by atoms with Gasteiger partial charge in [0.2, 0.25) is 10.0 Å². The molecular formula is C16H18N4O2S. The molecule has 0 fully saturated rings. The van der Waals surface area contributed by atoms with Gasteiger partial charge in [-0.2, -0.15) is 9.40 Å². The molecule has 0 aliphatic carbocycles. The molecule has 0 N–H and O–H groups in total. The number of hydrogen-bond acceptors (Lipinski definition) is 4. The zero-order valence-corrected chi connectivity index (χ0v) is 14.1. The number of rotatable bonds is 4. The summed E-state index contributed by atoms with van der Waals surface area (Å²) in [6.07, 6.45) is 3.13. The van der Waals surface area contributed by atoms with Crippen molar-refractivity contribution >= 4 is 20.9 Å². The van der Waals surface area contributed by atoms with Crippen LogP contribution in [0.5, 0.6) is 0 Å². The summed E-state index contributed by atoms with van der Waals surface area (Å²) in [7, 11) is -0.260. The van der Waals surface area contributed by atoms with Gasteiger partial charge in [-0.05, 0) is 30.7 Å². The van der Waals surface area contributed by atoms with Crippen molar-refractivity contribution in [3.05, 3.63) is 54.0 Å². The number of nitrogens with zero attached hydrogens (tertiary/aromatic N) is 4. The van der Waals surface area contributed by atoms with E-state index in [0.717, 1.165) is 16.5 Å². The molecule has 6 nitrogen and oxygen atoms in total. The summed E-state index contributed by atoms with van der Waals surface area (Å²) < 4.78 is 28.3. The van der Waals surface area contributed by atoms with Crippen LogP contribution in [0.25, 0.3) is 10.9 Å². The maximum atomic E-state index is 12.7. The van der Waals surface area contributed by atoms with Crippen molar-refractivity contribution in [2.45, 2.75) is 18.4 Å². The molecule has 2 heterocycles. The van der Waals surface area contributed by atoms with E-state index in [1.165, 1.54) is 10.5 Å². The van der Waals surface area contributed by atoms with Crippen LogP contribution in [0.2, 0.25) is 0 Å². The van der Waals surface area contributed by atoms with Gasteiger partial charge in [-0.3, -0.25) is 9.67 Å². The normalized spacial score (nSPS) is 12.2. The molecule has 3 rings (SSSR count). The van der Waals surface area contributed by atoms with Gasteiger partial charge in [0.1, 0.15) is 4.90 Å². The molecule has 0 bridgehead atoms. The third kappa shape index (κ3) is 2.85. The Kier molecular flexibility index (Phi) is 3.91. The van der Waals surface area contributed by atoms with Crippen molar-refractivity contribution < 1.29 is 8.42 Å². The van der Waals surface area contributed by atoms with Gasteiger partial charge < -0.3 is 0 Å². The van der Waals surface area contributed by atoms with Crippen LogP contribution in [0, 0.1) is 6.92 Å². The van der Waals surface area contributed by atoms with E-state index in [2.05, 4.69) is 10.1 Å². The first-order valence-corrected chi connectivity index (χ1v) is 8.62. The number of hydrogen-bond donors (Lipinski definition) is 0. The quantitative estimate of drug-likeness (QED) is 0.735. The number of aryl methyl sites for hydroxylation is 1. The molecule has 0 aliphatic rings. The highest BCUT2D eigenvalue weighted by molar-refractivity contribution is 7.89. The minimum absolute atomic E-state index is 0.241. The molecule has 0 aliphatic heterocycles. The molecule has 0 saturated carbocycles. The van der Waals surface area contributed by atoms with Crippen molar-refractivity contribution in [1.82, 2.24) is 19.1 Å². The van der Waals surface area contributed by atoms with Crippen LogP contribution in [-0.2, 0) is 23.6 Å². The summed E-state index contributed by atoms with van der Waals surface area (Å²) in [5.74, 6) is 0. The Bertz CT molecular complexity index is 963.